The van der Waals surface area contributed by atoms with E-state index in [2.05, 4.69) is 37.4 Å². The van der Waals surface area contributed by atoms with Crippen LogP contribution in [0.1, 0.15) is 18.0 Å². The van der Waals surface area contributed by atoms with Gasteiger partial charge in [0.15, 0.2) is 5.17 Å². The Morgan fingerprint density at radius 3 is 3.04 bits per heavy atom. The maximum Gasteiger partial charge on any atom is 0.234 e. The van der Waals surface area contributed by atoms with Gasteiger partial charge in [0, 0.05) is 22.7 Å². The van der Waals surface area contributed by atoms with Crippen LogP contribution in [0.15, 0.2) is 57.0 Å². The molecule has 0 radical (unpaired) electrons. The predicted molar refractivity (Wildman–Crippen MR) is 106 cm³/mol. The molecule has 2 heterocycles. The number of para-hydroxylation sites is 1. The zero-order valence-corrected chi connectivity index (χ0v) is 15.9. The summed E-state index contributed by atoms with van der Waals surface area (Å²) in [4.78, 5) is 16.8. The molecule has 0 saturated heterocycles. The van der Waals surface area contributed by atoms with E-state index in [1.165, 1.54) is 23.9 Å². The molecule has 0 aliphatic carbocycles. The highest BCUT2D eigenvalue weighted by molar-refractivity contribution is 9.10. The number of anilines is 1. The van der Waals surface area contributed by atoms with Gasteiger partial charge in [-0.15, -0.1) is 0 Å². The zero-order chi connectivity index (χ0) is 18.1. The minimum Gasteiger partial charge on any atom is -0.323 e. The van der Waals surface area contributed by atoms with Crippen LogP contribution in [-0.4, -0.2) is 28.1 Å². The molecule has 2 aromatic carbocycles. The Labute approximate surface area is 162 Å². The zero-order valence-electron chi connectivity index (χ0n) is 13.5. The molecule has 1 N–H and O–H groups in total. The summed E-state index contributed by atoms with van der Waals surface area (Å²) >= 11 is 4.49. The second-order valence-corrected chi connectivity index (χ2v) is 7.67. The third kappa shape index (κ3) is 3.39. The smallest absolute Gasteiger partial charge is 0.234 e. The van der Waals surface area contributed by atoms with Crippen molar-refractivity contribution in [2.75, 3.05) is 11.1 Å². The molecule has 0 fully saturated rings. The second-order valence-electron chi connectivity index (χ2n) is 5.81. The van der Waals surface area contributed by atoms with E-state index in [0.717, 1.165) is 17.7 Å². The molecule has 0 saturated carbocycles. The molecule has 2 aliphatic rings. The van der Waals surface area contributed by atoms with E-state index < -0.39 is 5.82 Å². The summed E-state index contributed by atoms with van der Waals surface area (Å²) in [5.74, 6) is -0.654. The minimum absolute atomic E-state index is 0.120. The molecular formula is C18H14BrFN4OS. The summed E-state index contributed by atoms with van der Waals surface area (Å²) in [7, 11) is 0. The molecule has 0 spiro atoms. The maximum absolute atomic E-state index is 13.8. The first-order valence-electron chi connectivity index (χ1n) is 7.99. The van der Waals surface area contributed by atoms with Crippen molar-refractivity contribution in [2.24, 2.45) is 10.1 Å². The Morgan fingerprint density at radius 1 is 1.35 bits per heavy atom. The molecule has 2 aromatic rings. The van der Waals surface area contributed by atoms with Crippen LogP contribution in [0.3, 0.4) is 0 Å². The summed E-state index contributed by atoms with van der Waals surface area (Å²) in [6.45, 7) is 0. The van der Waals surface area contributed by atoms with E-state index in [4.69, 9.17) is 0 Å². The lowest BCUT2D eigenvalue weighted by Gasteiger charge is -2.29. The fourth-order valence-electron chi connectivity index (χ4n) is 2.89. The Morgan fingerprint density at radius 2 is 2.19 bits per heavy atom. The Kier molecular flexibility index (Phi) is 4.78. The average molecular weight is 433 g/mol. The van der Waals surface area contributed by atoms with Crippen molar-refractivity contribution in [3.05, 3.63) is 58.3 Å². The quantitative estimate of drug-likeness (QED) is 0.764. The minimum atomic E-state index is -0.481. The third-order valence-corrected chi connectivity index (χ3v) is 5.51. The number of fused-ring (bicyclic) bond motifs is 3. The number of carbonyl (C=O) groups is 1. The average Bonchev–Trinajstić information content (AvgIpc) is 3.12. The second kappa shape index (κ2) is 7.20. The number of hydrogen-bond donors (Lipinski definition) is 1. The van der Waals surface area contributed by atoms with E-state index in [9.17, 15) is 9.18 Å². The molecule has 2 aliphatic heterocycles. The van der Waals surface area contributed by atoms with Crippen LogP contribution in [0.2, 0.25) is 0 Å². The number of nitrogens with zero attached hydrogens (tertiary/aromatic N) is 3. The van der Waals surface area contributed by atoms with Crippen LogP contribution in [0.4, 0.5) is 15.8 Å². The molecule has 1 atom stereocenters. The number of thioether (sulfide) groups is 1. The lowest BCUT2D eigenvalue weighted by molar-refractivity contribution is -0.113. The summed E-state index contributed by atoms with van der Waals surface area (Å²) < 4.78 is 14.5. The lowest BCUT2D eigenvalue weighted by Crippen LogP contribution is -2.29. The molecule has 1 unspecified atom stereocenters. The van der Waals surface area contributed by atoms with Gasteiger partial charge in [-0.05, 0) is 24.3 Å². The largest absolute Gasteiger partial charge is 0.323 e. The van der Waals surface area contributed by atoms with Gasteiger partial charge in [0.05, 0.1) is 23.2 Å². The Bertz CT molecular complexity index is 933. The van der Waals surface area contributed by atoms with Gasteiger partial charge in [-0.3, -0.25) is 4.79 Å². The Hall–Kier alpha value is -2.19. The van der Waals surface area contributed by atoms with Crippen LogP contribution in [-0.2, 0) is 4.79 Å². The summed E-state index contributed by atoms with van der Waals surface area (Å²) in [6, 6.07) is 12.6. The van der Waals surface area contributed by atoms with Crippen molar-refractivity contribution in [3.8, 4) is 0 Å². The van der Waals surface area contributed by atoms with Crippen LogP contribution >= 0.6 is 27.7 Å². The van der Waals surface area contributed by atoms with Gasteiger partial charge in [-0.1, -0.05) is 45.9 Å². The van der Waals surface area contributed by atoms with E-state index in [-0.39, 0.29) is 23.4 Å². The number of hydrazone groups is 1. The molecule has 8 heteroatoms. The van der Waals surface area contributed by atoms with E-state index in [0.29, 0.717) is 9.64 Å². The fourth-order valence-corrected chi connectivity index (χ4v) is 4.02. The summed E-state index contributed by atoms with van der Waals surface area (Å²) in [5, 5.41) is 9.49. The number of aliphatic imine (C=N–C) groups is 1. The van der Waals surface area contributed by atoms with Crippen molar-refractivity contribution >= 4 is 56.4 Å². The van der Waals surface area contributed by atoms with Crippen molar-refractivity contribution in [2.45, 2.75) is 12.5 Å². The van der Waals surface area contributed by atoms with Crippen molar-refractivity contribution < 1.29 is 9.18 Å². The SMILES string of the molecule is O=C(CSC1=Nc2ccccc2C2CC=NN12)Nc1ccc(Br)cc1F. The third-order valence-electron chi connectivity index (χ3n) is 4.08. The molecule has 4 rings (SSSR count). The predicted octanol–water partition coefficient (Wildman–Crippen LogP) is 4.69. The maximum atomic E-state index is 13.8. The van der Waals surface area contributed by atoms with E-state index >= 15 is 0 Å². The number of nitrogens with one attached hydrogen (secondary N) is 1. The van der Waals surface area contributed by atoms with Gasteiger partial charge in [-0.2, -0.15) is 5.10 Å². The van der Waals surface area contributed by atoms with Gasteiger partial charge in [-0.25, -0.2) is 14.4 Å². The lowest BCUT2D eigenvalue weighted by atomic mass is 10.0. The summed E-state index contributed by atoms with van der Waals surface area (Å²) in [6.07, 6.45) is 2.67. The highest BCUT2D eigenvalue weighted by Gasteiger charge is 2.32. The number of rotatable bonds is 3. The van der Waals surface area contributed by atoms with Gasteiger partial charge in [0.2, 0.25) is 5.91 Å². The molecule has 1 amide bonds. The molecule has 5 nitrogen and oxygen atoms in total. The number of amidine groups is 1. The Balaban J connectivity index is 1.46. The first-order chi connectivity index (χ1) is 12.6. The highest BCUT2D eigenvalue weighted by atomic mass is 79.9. The van der Waals surface area contributed by atoms with Crippen molar-refractivity contribution in [3.63, 3.8) is 0 Å². The van der Waals surface area contributed by atoms with Gasteiger partial charge >= 0.3 is 0 Å². The van der Waals surface area contributed by atoms with Crippen molar-refractivity contribution in [1.29, 1.82) is 0 Å². The van der Waals surface area contributed by atoms with Crippen LogP contribution in [0.5, 0.6) is 0 Å². The topological polar surface area (TPSA) is 57.1 Å². The van der Waals surface area contributed by atoms with E-state index in [1.54, 1.807) is 6.07 Å². The summed E-state index contributed by atoms with van der Waals surface area (Å²) in [5.41, 5.74) is 2.20. The number of halogens is 2. The molecule has 132 valence electrons. The number of amides is 1. The van der Waals surface area contributed by atoms with Crippen LogP contribution in [0.25, 0.3) is 0 Å². The van der Waals surface area contributed by atoms with Crippen LogP contribution < -0.4 is 5.32 Å². The normalized spacial score (nSPS) is 17.5. The number of benzene rings is 2. The molecule has 0 bridgehead atoms. The van der Waals surface area contributed by atoms with Gasteiger partial charge in [0.25, 0.3) is 0 Å². The van der Waals surface area contributed by atoms with E-state index in [1.807, 2.05) is 29.4 Å². The number of carbonyl (C=O) groups excluding carboxylic acids is 1. The first kappa shape index (κ1) is 17.2. The molecule has 0 aromatic heterocycles. The van der Waals surface area contributed by atoms with Crippen LogP contribution in [0, 0.1) is 5.82 Å². The van der Waals surface area contributed by atoms with Gasteiger partial charge in [0.1, 0.15) is 5.82 Å². The van der Waals surface area contributed by atoms with Crippen molar-refractivity contribution in [1.82, 2.24) is 5.01 Å². The standard InChI is InChI=1S/C18H14BrFN4OS/c19-11-5-6-15(13(20)9-11)22-17(25)10-26-18-23-14-4-2-1-3-12(14)16-7-8-21-24(16)18/h1-6,8-9,16H,7,10H2,(H,22,25). The van der Waals surface area contributed by atoms with Gasteiger partial charge < -0.3 is 5.32 Å². The monoisotopic (exact) mass is 432 g/mol. The number of hydrogen-bond acceptors (Lipinski definition) is 5. The highest BCUT2D eigenvalue weighted by Crippen LogP contribution is 2.40. The molecule has 26 heavy (non-hydrogen) atoms. The molecular weight excluding hydrogens is 419 g/mol. The fraction of sp³-hybridized carbons (Fsp3) is 0.167. The first-order valence-corrected chi connectivity index (χ1v) is 9.76.